The first-order valence-corrected chi connectivity index (χ1v) is 3.94. The number of nitrogens with one attached hydrogen (secondary N) is 1. The number of hydrazine groups is 1. The molecule has 0 saturated heterocycles. The molecule has 0 bridgehead atoms. The number of pyridine rings is 1. The van der Waals surface area contributed by atoms with Crippen molar-refractivity contribution in [3.63, 3.8) is 0 Å². The van der Waals surface area contributed by atoms with Crippen molar-refractivity contribution in [3.05, 3.63) is 22.3 Å². The van der Waals surface area contributed by atoms with E-state index in [1.54, 1.807) is 0 Å². The largest absolute Gasteiger partial charge is 0.417 e. The number of aromatic nitrogens is 1. The molecule has 0 aliphatic heterocycles. The van der Waals surface area contributed by atoms with Crippen molar-refractivity contribution in [1.82, 2.24) is 4.98 Å². The molecule has 13 heavy (non-hydrogen) atoms. The Kier molecular flexibility index (Phi) is 2.77. The maximum absolute atomic E-state index is 12.1. The molecule has 0 aliphatic carbocycles. The van der Waals surface area contributed by atoms with Crippen LogP contribution in [0, 0.1) is 0 Å². The Labute approximate surface area is 80.2 Å². The van der Waals surface area contributed by atoms with Crippen LogP contribution in [0.25, 0.3) is 0 Å². The SMILES string of the molecule is NNc1ncc(C(F)(F)F)cc1Br. The fourth-order valence-electron chi connectivity index (χ4n) is 0.699. The van der Waals surface area contributed by atoms with Crippen molar-refractivity contribution in [2.75, 3.05) is 5.43 Å². The second kappa shape index (κ2) is 3.51. The highest BCUT2D eigenvalue weighted by Gasteiger charge is 2.31. The summed E-state index contributed by atoms with van der Waals surface area (Å²) >= 11 is 2.89. The highest BCUT2D eigenvalue weighted by Crippen LogP contribution is 2.32. The molecule has 0 aliphatic rings. The second-order valence-electron chi connectivity index (χ2n) is 2.20. The number of halogens is 4. The van der Waals surface area contributed by atoms with Gasteiger partial charge in [0.05, 0.1) is 10.0 Å². The first-order valence-electron chi connectivity index (χ1n) is 3.14. The maximum atomic E-state index is 12.1. The van der Waals surface area contributed by atoms with E-state index in [0.717, 1.165) is 6.07 Å². The molecule has 1 heterocycles. The molecule has 7 heteroatoms. The van der Waals surface area contributed by atoms with Gasteiger partial charge in [0.25, 0.3) is 0 Å². The Bertz CT molecular complexity index is 312. The Balaban J connectivity index is 3.10. The number of nitrogens with zero attached hydrogens (tertiary/aromatic N) is 1. The molecule has 1 aromatic rings. The molecule has 1 rings (SSSR count). The Morgan fingerprint density at radius 1 is 1.46 bits per heavy atom. The molecule has 0 spiro atoms. The minimum atomic E-state index is -4.39. The van der Waals surface area contributed by atoms with Crippen molar-refractivity contribution < 1.29 is 13.2 Å². The molecule has 0 unspecified atom stereocenters. The van der Waals surface area contributed by atoms with Crippen molar-refractivity contribution in [2.45, 2.75) is 6.18 Å². The number of nitrogens with two attached hydrogens (primary N) is 1. The van der Waals surface area contributed by atoms with Crippen molar-refractivity contribution in [3.8, 4) is 0 Å². The van der Waals surface area contributed by atoms with Gasteiger partial charge in [-0.15, -0.1) is 0 Å². The maximum Gasteiger partial charge on any atom is 0.417 e. The minimum Gasteiger partial charge on any atom is -0.308 e. The van der Waals surface area contributed by atoms with Crippen LogP contribution in [0.1, 0.15) is 5.56 Å². The Hall–Kier alpha value is -0.820. The lowest BCUT2D eigenvalue weighted by molar-refractivity contribution is -0.137. The van der Waals surface area contributed by atoms with Gasteiger partial charge < -0.3 is 5.43 Å². The predicted octanol–water partition coefficient (Wildman–Crippen LogP) is 2.15. The summed E-state index contributed by atoms with van der Waals surface area (Å²) in [4.78, 5) is 3.46. The van der Waals surface area contributed by atoms with E-state index in [2.05, 4.69) is 26.3 Å². The van der Waals surface area contributed by atoms with Crippen LogP contribution >= 0.6 is 15.9 Å². The number of nitrogen functional groups attached to an aromatic ring is 1. The normalized spacial score (nSPS) is 11.5. The quantitative estimate of drug-likeness (QED) is 0.597. The number of hydrogen-bond acceptors (Lipinski definition) is 3. The molecule has 0 aromatic carbocycles. The topological polar surface area (TPSA) is 50.9 Å². The molecule has 3 nitrogen and oxygen atoms in total. The van der Waals surface area contributed by atoms with Crippen molar-refractivity contribution >= 4 is 21.7 Å². The second-order valence-corrected chi connectivity index (χ2v) is 3.05. The van der Waals surface area contributed by atoms with E-state index < -0.39 is 11.7 Å². The zero-order chi connectivity index (χ0) is 10.1. The molecule has 1 aromatic heterocycles. The van der Waals surface area contributed by atoms with Gasteiger partial charge in [0.15, 0.2) is 5.82 Å². The zero-order valence-electron chi connectivity index (χ0n) is 6.19. The third kappa shape index (κ3) is 2.31. The average Bonchev–Trinajstić information content (AvgIpc) is 2.02. The van der Waals surface area contributed by atoms with Gasteiger partial charge in [0, 0.05) is 6.20 Å². The standard InChI is InChI=1S/C6H5BrF3N3/c7-4-1-3(6(8,9)10)2-12-5(4)13-11/h1-2H,11H2,(H,12,13). The molecule has 72 valence electrons. The van der Waals surface area contributed by atoms with Gasteiger partial charge in [-0.2, -0.15) is 13.2 Å². The molecule has 0 fully saturated rings. The van der Waals surface area contributed by atoms with Gasteiger partial charge in [-0.05, 0) is 22.0 Å². The molecular formula is C6H5BrF3N3. The number of alkyl halides is 3. The van der Waals surface area contributed by atoms with Gasteiger partial charge in [0.1, 0.15) is 0 Å². The molecule has 0 radical (unpaired) electrons. The van der Waals surface area contributed by atoms with E-state index in [9.17, 15) is 13.2 Å². The number of rotatable bonds is 1. The highest BCUT2D eigenvalue weighted by atomic mass is 79.9. The summed E-state index contributed by atoms with van der Waals surface area (Å²) in [5, 5.41) is 0. The molecule has 0 atom stereocenters. The number of hydrogen-bond donors (Lipinski definition) is 2. The summed E-state index contributed by atoms with van der Waals surface area (Å²) in [7, 11) is 0. The van der Waals surface area contributed by atoms with E-state index in [0.29, 0.717) is 6.20 Å². The predicted molar refractivity (Wildman–Crippen MR) is 44.7 cm³/mol. The molecule has 0 amide bonds. The average molecular weight is 256 g/mol. The van der Waals surface area contributed by atoms with E-state index in [-0.39, 0.29) is 10.3 Å². The van der Waals surface area contributed by atoms with Crippen LogP contribution in [0.15, 0.2) is 16.7 Å². The lowest BCUT2D eigenvalue weighted by Gasteiger charge is -2.08. The third-order valence-electron chi connectivity index (χ3n) is 1.31. The highest BCUT2D eigenvalue weighted by molar-refractivity contribution is 9.10. The van der Waals surface area contributed by atoms with Crippen LogP contribution in [0.5, 0.6) is 0 Å². The first-order chi connectivity index (χ1) is 5.95. The van der Waals surface area contributed by atoms with Gasteiger partial charge in [-0.1, -0.05) is 0 Å². The number of anilines is 1. The molecule has 3 N–H and O–H groups in total. The minimum absolute atomic E-state index is 0.160. The summed E-state index contributed by atoms with van der Waals surface area (Å²) in [6, 6.07) is 0.905. The van der Waals surface area contributed by atoms with E-state index >= 15 is 0 Å². The van der Waals surface area contributed by atoms with E-state index in [1.165, 1.54) is 0 Å². The van der Waals surface area contributed by atoms with Gasteiger partial charge >= 0.3 is 6.18 Å². The van der Waals surface area contributed by atoms with Crippen LogP contribution in [-0.4, -0.2) is 4.98 Å². The first kappa shape index (κ1) is 10.3. The molecule has 0 saturated carbocycles. The summed E-state index contributed by atoms with van der Waals surface area (Å²) in [5.74, 6) is 5.15. The van der Waals surface area contributed by atoms with E-state index in [4.69, 9.17) is 5.84 Å². The van der Waals surface area contributed by atoms with Crippen molar-refractivity contribution in [1.29, 1.82) is 0 Å². The third-order valence-corrected chi connectivity index (χ3v) is 1.91. The Morgan fingerprint density at radius 2 is 2.08 bits per heavy atom. The van der Waals surface area contributed by atoms with Crippen molar-refractivity contribution in [2.24, 2.45) is 5.84 Å². The van der Waals surface area contributed by atoms with Crippen LogP contribution in [-0.2, 0) is 6.18 Å². The Morgan fingerprint density at radius 3 is 2.46 bits per heavy atom. The van der Waals surface area contributed by atoms with Gasteiger partial charge in [0.2, 0.25) is 0 Å². The monoisotopic (exact) mass is 255 g/mol. The summed E-state index contributed by atoms with van der Waals surface area (Å²) in [5.41, 5.74) is 1.33. The van der Waals surface area contributed by atoms with Crippen LogP contribution < -0.4 is 11.3 Å². The van der Waals surface area contributed by atoms with Crippen LogP contribution in [0.4, 0.5) is 19.0 Å². The summed E-state index contributed by atoms with van der Waals surface area (Å²) in [6.07, 6.45) is -3.68. The zero-order valence-corrected chi connectivity index (χ0v) is 7.78. The lowest BCUT2D eigenvalue weighted by Crippen LogP contribution is -2.11. The van der Waals surface area contributed by atoms with Crippen LogP contribution in [0.2, 0.25) is 0 Å². The van der Waals surface area contributed by atoms with E-state index in [1.807, 2.05) is 0 Å². The fraction of sp³-hybridized carbons (Fsp3) is 0.167. The lowest BCUT2D eigenvalue weighted by atomic mass is 10.3. The molecular weight excluding hydrogens is 251 g/mol. The summed E-state index contributed by atoms with van der Waals surface area (Å²) in [6.45, 7) is 0. The summed E-state index contributed by atoms with van der Waals surface area (Å²) < 4.78 is 36.4. The van der Waals surface area contributed by atoms with Gasteiger partial charge in [-0.25, -0.2) is 10.8 Å². The smallest absolute Gasteiger partial charge is 0.308 e. The van der Waals surface area contributed by atoms with Gasteiger partial charge in [-0.3, -0.25) is 0 Å². The van der Waals surface area contributed by atoms with Crippen LogP contribution in [0.3, 0.4) is 0 Å². The fourth-order valence-corrected chi connectivity index (χ4v) is 1.16.